The number of carbonyl (C=O) groups excluding carboxylic acids is 1. The Labute approximate surface area is 67.0 Å². The first-order valence-corrected chi connectivity index (χ1v) is 5.32. The van der Waals surface area contributed by atoms with Crippen molar-refractivity contribution in [3.8, 4) is 0 Å². The number of hydrogen-bond donors (Lipinski definition) is 0. The molecule has 0 aliphatic heterocycles. The molecule has 0 radical (unpaired) electrons. The van der Waals surface area contributed by atoms with E-state index in [0.29, 0.717) is 0 Å². The van der Waals surface area contributed by atoms with Crippen molar-refractivity contribution in [2.45, 2.75) is 12.8 Å². The van der Waals surface area contributed by atoms with Crippen LogP contribution in [0.3, 0.4) is 0 Å². The fourth-order valence-electron chi connectivity index (χ4n) is 0.562. The molecular weight excluding hydrogens is 164 g/mol. The van der Waals surface area contributed by atoms with Crippen LogP contribution in [0.4, 0.5) is 0 Å². The van der Waals surface area contributed by atoms with Crippen LogP contribution >= 0.6 is 0 Å². The second-order valence-electron chi connectivity index (χ2n) is 2.41. The zero-order chi connectivity index (χ0) is 8.91. The van der Waals surface area contributed by atoms with Crippen LogP contribution in [-0.4, -0.2) is 26.2 Å². The highest BCUT2D eigenvalue weighted by Gasteiger charge is 2.05. The molecule has 0 saturated heterocycles. The summed E-state index contributed by atoms with van der Waals surface area (Å²) in [6.07, 6.45) is 2.96. The molecule has 0 aliphatic carbocycles. The summed E-state index contributed by atoms with van der Waals surface area (Å²) in [5, 5.41) is 0. The first kappa shape index (κ1) is 10.4. The third-order valence-electron chi connectivity index (χ3n) is 1.12. The summed E-state index contributed by atoms with van der Waals surface area (Å²) in [5.41, 5.74) is 0. The molecule has 0 saturated carbocycles. The number of Topliss-reactive ketones (excluding diaryl/α,β-unsaturated/α-hetero) is 1. The Morgan fingerprint density at radius 1 is 1.55 bits per heavy atom. The van der Waals surface area contributed by atoms with Gasteiger partial charge in [0, 0.05) is 19.1 Å². The minimum absolute atomic E-state index is 0.0559. The molecule has 4 heteroatoms. The summed E-state index contributed by atoms with van der Waals surface area (Å²) in [7, 11) is -2.99. The van der Waals surface area contributed by atoms with Gasteiger partial charge in [-0.2, -0.15) is 0 Å². The van der Waals surface area contributed by atoms with Gasteiger partial charge in [0.05, 0.1) is 5.75 Å². The lowest BCUT2D eigenvalue weighted by Crippen LogP contribution is -2.08. The highest BCUT2D eigenvalue weighted by molar-refractivity contribution is 7.90. The molecule has 11 heavy (non-hydrogen) atoms. The molecule has 0 aliphatic rings. The van der Waals surface area contributed by atoms with E-state index in [9.17, 15) is 13.2 Å². The van der Waals surface area contributed by atoms with Crippen molar-refractivity contribution in [3.63, 3.8) is 0 Å². The Morgan fingerprint density at radius 3 is 2.45 bits per heavy atom. The van der Waals surface area contributed by atoms with Crippen LogP contribution in [0.15, 0.2) is 12.7 Å². The number of rotatable bonds is 5. The highest BCUT2D eigenvalue weighted by Crippen LogP contribution is 1.94. The zero-order valence-corrected chi connectivity index (χ0v) is 7.36. The smallest absolute Gasteiger partial charge is 0.147 e. The van der Waals surface area contributed by atoms with Crippen LogP contribution in [-0.2, 0) is 14.6 Å². The lowest BCUT2D eigenvalue weighted by atomic mass is 10.2. The maximum absolute atomic E-state index is 10.8. The summed E-state index contributed by atoms with van der Waals surface area (Å²) in [6.45, 7) is 3.37. The fraction of sp³-hybridized carbons (Fsp3) is 0.571. The van der Waals surface area contributed by atoms with Gasteiger partial charge >= 0.3 is 0 Å². The van der Waals surface area contributed by atoms with Crippen LogP contribution in [0.1, 0.15) is 12.8 Å². The van der Waals surface area contributed by atoms with Crippen LogP contribution in [0.2, 0.25) is 0 Å². The Hall–Kier alpha value is -0.640. The summed E-state index contributed by atoms with van der Waals surface area (Å²) >= 11 is 0. The van der Waals surface area contributed by atoms with E-state index in [1.54, 1.807) is 0 Å². The molecule has 0 atom stereocenters. The molecule has 0 aromatic rings. The van der Waals surface area contributed by atoms with Crippen molar-refractivity contribution < 1.29 is 13.2 Å². The van der Waals surface area contributed by atoms with Gasteiger partial charge in [-0.1, -0.05) is 6.08 Å². The standard InChI is InChI=1S/C7H12O3S/c1-3-4-7(8)5-6-11(2,9)10/h3H,1,4-6H2,2H3. The maximum atomic E-state index is 10.8. The summed E-state index contributed by atoms with van der Waals surface area (Å²) in [6, 6.07) is 0. The number of hydrogen-bond acceptors (Lipinski definition) is 3. The molecule has 0 fully saturated rings. The SMILES string of the molecule is C=CCC(=O)CCS(C)(=O)=O. The average molecular weight is 176 g/mol. The molecule has 0 aromatic heterocycles. The summed E-state index contributed by atoms with van der Waals surface area (Å²) in [4.78, 5) is 10.8. The Balaban J connectivity index is 3.72. The third kappa shape index (κ3) is 7.25. The lowest BCUT2D eigenvalue weighted by molar-refractivity contribution is -0.117. The second kappa shape index (κ2) is 4.28. The molecule has 0 amide bonds. The van der Waals surface area contributed by atoms with Crippen LogP contribution < -0.4 is 0 Å². The van der Waals surface area contributed by atoms with E-state index in [4.69, 9.17) is 0 Å². The molecule has 0 N–H and O–H groups in total. The van der Waals surface area contributed by atoms with Crippen LogP contribution in [0.25, 0.3) is 0 Å². The van der Waals surface area contributed by atoms with E-state index < -0.39 is 9.84 Å². The van der Waals surface area contributed by atoms with Gasteiger partial charge in [-0.25, -0.2) is 8.42 Å². The average Bonchev–Trinajstić information content (AvgIpc) is 1.83. The van der Waals surface area contributed by atoms with E-state index in [0.717, 1.165) is 6.26 Å². The van der Waals surface area contributed by atoms with Crippen LogP contribution in [0, 0.1) is 0 Å². The summed E-state index contributed by atoms with van der Waals surface area (Å²) in [5.74, 6) is -0.134. The van der Waals surface area contributed by atoms with Crippen molar-refractivity contribution in [3.05, 3.63) is 12.7 Å². The van der Waals surface area contributed by atoms with Gasteiger partial charge in [0.2, 0.25) is 0 Å². The quantitative estimate of drug-likeness (QED) is 0.575. The molecule has 0 rings (SSSR count). The van der Waals surface area contributed by atoms with E-state index in [1.165, 1.54) is 6.08 Å². The topological polar surface area (TPSA) is 51.2 Å². The Bertz CT molecular complexity index is 238. The fourth-order valence-corrected chi connectivity index (χ4v) is 1.16. The van der Waals surface area contributed by atoms with Gasteiger partial charge in [-0.3, -0.25) is 4.79 Å². The monoisotopic (exact) mass is 176 g/mol. The number of carbonyl (C=O) groups is 1. The van der Waals surface area contributed by atoms with Crippen LogP contribution in [0.5, 0.6) is 0 Å². The van der Waals surface area contributed by atoms with Gasteiger partial charge in [0.1, 0.15) is 15.6 Å². The van der Waals surface area contributed by atoms with Gasteiger partial charge in [0.15, 0.2) is 0 Å². The molecule has 64 valence electrons. The molecule has 0 heterocycles. The predicted molar refractivity (Wildman–Crippen MR) is 44.1 cm³/mol. The summed E-state index contributed by atoms with van der Waals surface area (Å²) < 4.78 is 21.1. The van der Waals surface area contributed by atoms with Crippen molar-refractivity contribution in [1.82, 2.24) is 0 Å². The van der Waals surface area contributed by atoms with Gasteiger partial charge < -0.3 is 0 Å². The van der Waals surface area contributed by atoms with E-state index >= 15 is 0 Å². The number of allylic oxidation sites excluding steroid dienone is 1. The second-order valence-corrected chi connectivity index (χ2v) is 4.67. The van der Waals surface area contributed by atoms with E-state index in [2.05, 4.69) is 6.58 Å². The lowest BCUT2D eigenvalue weighted by Gasteiger charge is -1.94. The first-order valence-electron chi connectivity index (χ1n) is 3.26. The minimum atomic E-state index is -2.99. The van der Waals surface area contributed by atoms with Crippen molar-refractivity contribution in [2.24, 2.45) is 0 Å². The van der Waals surface area contributed by atoms with E-state index in [1.807, 2.05) is 0 Å². The van der Waals surface area contributed by atoms with Gasteiger partial charge in [-0.15, -0.1) is 6.58 Å². The van der Waals surface area contributed by atoms with Crippen molar-refractivity contribution in [2.75, 3.05) is 12.0 Å². The molecular formula is C7H12O3S. The molecule has 0 unspecified atom stereocenters. The van der Waals surface area contributed by atoms with E-state index in [-0.39, 0.29) is 24.4 Å². The Kier molecular flexibility index (Phi) is 4.03. The Morgan fingerprint density at radius 2 is 2.09 bits per heavy atom. The molecule has 0 bridgehead atoms. The maximum Gasteiger partial charge on any atom is 0.147 e. The highest BCUT2D eigenvalue weighted by atomic mass is 32.2. The first-order chi connectivity index (χ1) is 4.95. The van der Waals surface area contributed by atoms with Gasteiger partial charge in [-0.05, 0) is 0 Å². The minimum Gasteiger partial charge on any atom is -0.299 e. The molecule has 0 spiro atoms. The molecule has 3 nitrogen and oxygen atoms in total. The predicted octanol–water partition coefficient (Wildman–Crippen LogP) is 0.566. The molecule has 0 aromatic carbocycles. The van der Waals surface area contributed by atoms with Crippen molar-refractivity contribution >= 4 is 15.6 Å². The zero-order valence-electron chi connectivity index (χ0n) is 6.54. The number of sulfone groups is 1. The number of ketones is 1. The van der Waals surface area contributed by atoms with Gasteiger partial charge in [0.25, 0.3) is 0 Å². The third-order valence-corrected chi connectivity index (χ3v) is 2.07. The van der Waals surface area contributed by atoms with Crippen molar-refractivity contribution in [1.29, 1.82) is 0 Å². The largest absolute Gasteiger partial charge is 0.299 e. The normalized spacial score (nSPS) is 11.0.